The maximum absolute atomic E-state index is 12.8. The van der Waals surface area contributed by atoms with Gasteiger partial charge in [-0.15, -0.1) is 0 Å². The average molecular weight is 241 g/mol. The van der Waals surface area contributed by atoms with Crippen LogP contribution in [0.4, 0.5) is 10.1 Å². The Balaban J connectivity index is 2.00. The molecule has 1 heterocycles. The molecule has 0 N–H and O–H groups in total. The molecule has 0 atom stereocenters. The molecule has 2 nitrogen and oxygen atoms in total. The third-order valence-corrected chi connectivity index (χ3v) is 2.89. The summed E-state index contributed by atoms with van der Waals surface area (Å²) >= 11 is 0. The number of aliphatic imine (C=N–C) groups is 1. The highest BCUT2D eigenvalue weighted by atomic mass is 19.1. The van der Waals surface area contributed by atoms with E-state index in [9.17, 15) is 4.39 Å². The zero-order valence-corrected chi connectivity index (χ0v) is 9.77. The van der Waals surface area contributed by atoms with Crippen molar-refractivity contribution in [3.8, 4) is 5.75 Å². The number of ether oxygens (including phenoxy) is 1. The quantitative estimate of drug-likeness (QED) is 0.745. The molecule has 90 valence electrons. The van der Waals surface area contributed by atoms with Gasteiger partial charge in [-0.3, -0.25) is 4.99 Å². The van der Waals surface area contributed by atoms with Crippen LogP contribution >= 0.6 is 0 Å². The van der Waals surface area contributed by atoms with Crippen LogP contribution in [0, 0.1) is 5.82 Å². The number of nitrogens with zero attached hydrogens (tertiary/aromatic N) is 1. The first-order valence-electron chi connectivity index (χ1n) is 5.88. The SMILES string of the molecule is Fc1ccc(N=C2CCOc3ccccc32)cc1. The van der Waals surface area contributed by atoms with Crippen molar-refractivity contribution >= 4 is 11.4 Å². The van der Waals surface area contributed by atoms with Gasteiger partial charge >= 0.3 is 0 Å². The Morgan fingerprint density at radius 1 is 1.00 bits per heavy atom. The highest BCUT2D eigenvalue weighted by Crippen LogP contribution is 2.26. The molecule has 0 bridgehead atoms. The minimum atomic E-state index is -0.244. The highest BCUT2D eigenvalue weighted by molar-refractivity contribution is 6.05. The van der Waals surface area contributed by atoms with Crippen LogP contribution in [0.2, 0.25) is 0 Å². The second kappa shape index (κ2) is 4.61. The molecular formula is C15H12FNO. The topological polar surface area (TPSA) is 21.6 Å². The highest BCUT2D eigenvalue weighted by Gasteiger charge is 2.15. The normalized spacial score (nSPS) is 16.2. The lowest BCUT2D eigenvalue weighted by Gasteiger charge is -2.18. The van der Waals surface area contributed by atoms with Crippen molar-refractivity contribution in [2.45, 2.75) is 6.42 Å². The third kappa shape index (κ3) is 2.12. The first-order chi connectivity index (χ1) is 8.83. The van der Waals surface area contributed by atoms with Gasteiger partial charge < -0.3 is 4.74 Å². The molecule has 0 spiro atoms. The Kier molecular flexibility index (Phi) is 2.81. The third-order valence-electron chi connectivity index (χ3n) is 2.89. The number of halogens is 1. The predicted octanol–water partition coefficient (Wildman–Crippen LogP) is 3.73. The van der Waals surface area contributed by atoms with E-state index in [2.05, 4.69) is 4.99 Å². The maximum Gasteiger partial charge on any atom is 0.128 e. The summed E-state index contributed by atoms with van der Waals surface area (Å²) in [6, 6.07) is 14.1. The summed E-state index contributed by atoms with van der Waals surface area (Å²) in [5.74, 6) is 0.621. The van der Waals surface area contributed by atoms with Crippen LogP contribution in [0.1, 0.15) is 12.0 Å². The van der Waals surface area contributed by atoms with Crippen LogP contribution in [0.3, 0.4) is 0 Å². The van der Waals surface area contributed by atoms with E-state index in [0.717, 1.165) is 29.1 Å². The number of hydrogen-bond acceptors (Lipinski definition) is 2. The van der Waals surface area contributed by atoms with Crippen LogP contribution in [0.25, 0.3) is 0 Å². The summed E-state index contributed by atoms with van der Waals surface area (Å²) in [6.07, 6.45) is 0.772. The van der Waals surface area contributed by atoms with Crippen LogP contribution in [0.15, 0.2) is 53.5 Å². The van der Waals surface area contributed by atoms with Crippen LogP contribution in [-0.2, 0) is 0 Å². The number of para-hydroxylation sites is 1. The lowest BCUT2D eigenvalue weighted by atomic mass is 10.0. The van der Waals surface area contributed by atoms with Crippen LogP contribution in [-0.4, -0.2) is 12.3 Å². The molecule has 0 amide bonds. The fraction of sp³-hybridized carbons (Fsp3) is 0.133. The van der Waals surface area contributed by atoms with E-state index in [4.69, 9.17) is 4.74 Å². The Hall–Kier alpha value is -2.16. The Bertz CT molecular complexity index is 590. The van der Waals surface area contributed by atoms with Crippen molar-refractivity contribution in [2.75, 3.05) is 6.61 Å². The predicted molar refractivity (Wildman–Crippen MR) is 69.2 cm³/mol. The summed E-state index contributed by atoms with van der Waals surface area (Å²) in [7, 11) is 0. The molecule has 2 aromatic carbocycles. The maximum atomic E-state index is 12.8. The van der Waals surface area contributed by atoms with E-state index in [1.165, 1.54) is 12.1 Å². The van der Waals surface area contributed by atoms with Crippen molar-refractivity contribution in [3.63, 3.8) is 0 Å². The summed E-state index contributed by atoms with van der Waals surface area (Å²) in [4.78, 5) is 4.57. The van der Waals surface area contributed by atoms with Gasteiger partial charge in [0.1, 0.15) is 11.6 Å². The minimum Gasteiger partial charge on any atom is -0.492 e. The Morgan fingerprint density at radius 2 is 1.78 bits per heavy atom. The number of benzene rings is 2. The monoisotopic (exact) mass is 241 g/mol. The molecule has 0 radical (unpaired) electrons. The van der Waals surface area contributed by atoms with Gasteiger partial charge in [0.25, 0.3) is 0 Å². The van der Waals surface area contributed by atoms with E-state index in [1.807, 2.05) is 24.3 Å². The fourth-order valence-corrected chi connectivity index (χ4v) is 2.01. The molecule has 2 aromatic rings. The van der Waals surface area contributed by atoms with Crippen LogP contribution < -0.4 is 4.74 Å². The second-order valence-corrected chi connectivity index (χ2v) is 4.13. The van der Waals surface area contributed by atoms with Crippen molar-refractivity contribution in [1.29, 1.82) is 0 Å². The number of hydrogen-bond donors (Lipinski definition) is 0. The van der Waals surface area contributed by atoms with E-state index < -0.39 is 0 Å². The first-order valence-corrected chi connectivity index (χ1v) is 5.88. The van der Waals surface area contributed by atoms with Crippen molar-refractivity contribution < 1.29 is 9.13 Å². The second-order valence-electron chi connectivity index (χ2n) is 4.13. The Labute approximate surface area is 105 Å². The molecule has 0 saturated heterocycles. The summed E-state index contributed by atoms with van der Waals surface area (Å²) < 4.78 is 18.4. The number of fused-ring (bicyclic) bond motifs is 1. The molecule has 3 heteroatoms. The molecule has 3 rings (SSSR count). The van der Waals surface area contributed by atoms with Crippen molar-refractivity contribution in [2.24, 2.45) is 4.99 Å². The first kappa shape index (κ1) is 11.0. The van der Waals surface area contributed by atoms with E-state index >= 15 is 0 Å². The molecular weight excluding hydrogens is 229 g/mol. The zero-order chi connectivity index (χ0) is 12.4. The molecule has 0 aromatic heterocycles. The van der Waals surface area contributed by atoms with Crippen molar-refractivity contribution in [3.05, 3.63) is 59.9 Å². The summed E-state index contributed by atoms with van der Waals surface area (Å²) in [6.45, 7) is 0.636. The summed E-state index contributed by atoms with van der Waals surface area (Å²) in [5, 5.41) is 0. The number of rotatable bonds is 1. The van der Waals surface area contributed by atoms with Crippen molar-refractivity contribution in [1.82, 2.24) is 0 Å². The van der Waals surface area contributed by atoms with E-state index in [1.54, 1.807) is 12.1 Å². The Morgan fingerprint density at radius 3 is 2.61 bits per heavy atom. The van der Waals surface area contributed by atoms with Gasteiger partial charge in [0.05, 0.1) is 18.0 Å². The molecule has 0 unspecified atom stereocenters. The molecule has 1 aliphatic rings. The molecule has 0 fully saturated rings. The van der Waals surface area contributed by atoms with E-state index in [0.29, 0.717) is 6.61 Å². The smallest absolute Gasteiger partial charge is 0.128 e. The standard InChI is InChI=1S/C15H12FNO/c16-11-5-7-12(8-6-11)17-14-9-10-18-15-4-2-1-3-13(14)15/h1-8H,9-10H2. The zero-order valence-electron chi connectivity index (χ0n) is 9.77. The lowest BCUT2D eigenvalue weighted by Crippen LogP contribution is -2.15. The van der Waals surface area contributed by atoms with Gasteiger partial charge in [0.2, 0.25) is 0 Å². The summed E-state index contributed by atoms with van der Waals surface area (Å²) in [5.41, 5.74) is 2.78. The van der Waals surface area contributed by atoms with Gasteiger partial charge in [-0.1, -0.05) is 12.1 Å². The average Bonchev–Trinajstić information content (AvgIpc) is 2.42. The van der Waals surface area contributed by atoms with E-state index in [-0.39, 0.29) is 5.82 Å². The van der Waals surface area contributed by atoms with Gasteiger partial charge in [-0.05, 0) is 36.4 Å². The molecule has 1 aliphatic heterocycles. The van der Waals surface area contributed by atoms with Gasteiger partial charge in [0.15, 0.2) is 0 Å². The largest absolute Gasteiger partial charge is 0.492 e. The molecule has 0 aliphatic carbocycles. The van der Waals surface area contributed by atoms with Gasteiger partial charge in [-0.2, -0.15) is 0 Å². The molecule has 18 heavy (non-hydrogen) atoms. The fourth-order valence-electron chi connectivity index (χ4n) is 2.01. The molecule has 0 saturated carbocycles. The van der Waals surface area contributed by atoms with Gasteiger partial charge in [-0.25, -0.2) is 4.39 Å². The lowest BCUT2D eigenvalue weighted by molar-refractivity contribution is 0.320. The van der Waals surface area contributed by atoms with Gasteiger partial charge in [0, 0.05) is 12.0 Å². The minimum absolute atomic E-state index is 0.244. The van der Waals surface area contributed by atoms with Crippen LogP contribution in [0.5, 0.6) is 5.75 Å².